The van der Waals surface area contributed by atoms with Gasteiger partial charge in [0.2, 0.25) is 10.0 Å². The third-order valence-electron chi connectivity index (χ3n) is 4.84. The molecular formula is C19H19FN2O3S. The first-order chi connectivity index (χ1) is 12.4. The van der Waals surface area contributed by atoms with Crippen molar-refractivity contribution < 1.29 is 17.5 Å². The number of aryl methyl sites for hydroxylation is 1. The number of nitrogens with one attached hydrogen (secondary N) is 1. The number of hydrogen-bond acceptors (Lipinski definition) is 3. The van der Waals surface area contributed by atoms with E-state index in [-0.39, 0.29) is 17.3 Å². The van der Waals surface area contributed by atoms with Crippen LogP contribution in [-0.4, -0.2) is 31.4 Å². The van der Waals surface area contributed by atoms with Gasteiger partial charge in [-0.1, -0.05) is 6.07 Å². The van der Waals surface area contributed by atoms with Crippen molar-refractivity contribution in [2.24, 2.45) is 0 Å². The fourth-order valence-corrected chi connectivity index (χ4v) is 5.14. The molecule has 7 heteroatoms. The molecule has 2 aromatic carbocycles. The number of aromatic amines is 1. The Morgan fingerprint density at radius 1 is 1.19 bits per heavy atom. The molecule has 1 N–H and O–H groups in total. The monoisotopic (exact) mass is 374 g/mol. The van der Waals surface area contributed by atoms with Crippen LogP contribution in [0.5, 0.6) is 5.75 Å². The Balaban J connectivity index is 1.78. The van der Waals surface area contributed by atoms with Gasteiger partial charge >= 0.3 is 0 Å². The molecule has 1 aliphatic rings. The minimum Gasteiger partial charge on any atom is -0.495 e. The van der Waals surface area contributed by atoms with E-state index in [0.717, 1.165) is 27.7 Å². The molecule has 26 heavy (non-hydrogen) atoms. The molecule has 3 aromatic rings. The standard InChI is InChI=1S/C19H19FN2O3S/c1-12-3-6-18(25-2)19(9-12)26(23,24)22-8-7-17-15(11-22)14-10-13(20)4-5-16(14)21-17/h3-6,9-10,21H,7-8,11H2,1-2H3. The van der Waals surface area contributed by atoms with Crippen LogP contribution in [0.4, 0.5) is 4.39 Å². The van der Waals surface area contributed by atoms with Gasteiger partial charge < -0.3 is 9.72 Å². The first kappa shape index (κ1) is 17.1. The molecule has 0 spiro atoms. The van der Waals surface area contributed by atoms with Crippen LogP contribution in [-0.2, 0) is 23.0 Å². The molecule has 0 fully saturated rings. The van der Waals surface area contributed by atoms with Gasteiger partial charge in [-0.3, -0.25) is 0 Å². The van der Waals surface area contributed by atoms with Crippen molar-refractivity contribution in [3.05, 3.63) is 59.0 Å². The summed E-state index contributed by atoms with van der Waals surface area (Å²) in [5.41, 5.74) is 3.47. The predicted molar refractivity (Wildman–Crippen MR) is 97.3 cm³/mol. The summed E-state index contributed by atoms with van der Waals surface area (Å²) in [5.74, 6) is -0.00833. The van der Waals surface area contributed by atoms with Crippen LogP contribution in [0.25, 0.3) is 10.9 Å². The van der Waals surface area contributed by atoms with Crippen molar-refractivity contribution >= 4 is 20.9 Å². The molecule has 1 aromatic heterocycles. The summed E-state index contributed by atoms with van der Waals surface area (Å²) in [6, 6.07) is 9.64. The van der Waals surface area contributed by atoms with Gasteiger partial charge in [-0.15, -0.1) is 0 Å². The normalized spacial score (nSPS) is 15.2. The number of aromatic nitrogens is 1. The highest BCUT2D eigenvalue weighted by molar-refractivity contribution is 7.89. The average molecular weight is 374 g/mol. The molecule has 2 heterocycles. The molecule has 0 saturated carbocycles. The molecule has 0 unspecified atom stereocenters. The minimum absolute atomic E-state index is 0.162. The van der Waals surface area contributed by atoms with Crippen LogP contribution in [0.15, 0.2) is 41.3 Å². The van der Waals surface area contributed by atoms with Crippen LogP contribution in [0.2, 0.25) is 0 Å². The number of ether oxygens (including phenoxy) is 1. The van der Waals surface area contributed by atoms with Gasteiger partial charge in [0.05, 0.1) is 7.11 Å². The van der Waals surface area contributed by atoms with Crippen molar-refractivity contribution in [3.8, 4) is 5.75 Å². The second-order valence-electron chi connectivity index (χ2n) is 6.51. The molecular weight excluding hydrogens is 355 g/mol. The SMILES string of the molecule is COc1ccc(C)cc1S(=O)(=O)N1CCc2[nH]c3ccc(F)cc3c2C1. The lowest BCUT2D eigenvalue weighted by molar-refractivity contribution is 0.377. The van der Waals surface area contributed by atoms with E-state index in [2.05, 4.69) is 4.98 Å². The van der Waals surface area contributed by atoms with Crippen LogP contribution >= 0.6 is 0 Å². The Labute approximate surface area is 151 Å². The zero-order valence-corrected chi connectivity index (χ0v) is 15.4. The smallest absolute Gasteiger partial charge is 0.247 e. The highest BCUT2D eigenvalue weighted by Crippen LogP contribution is 2.33. The summed E-state index contributed by atoms with van der Waals surface area (Å²) in [6.45, 7) is 2.41. The first-order valence-electron chi connectivity index (χ1n) is 8.34. The number of rotatable bonds is 3. The number of fused-ring (bicyclic) bond motifs is 3. The molecule has 0 saturated heterocycles. The second kappa shape index (κ2) is 6.10. The number of H-pyrrole nitrogens is 1. The van der Waals surface area contributed by atoms with Gasteiger partial charge in [-0.25, -0.2) is 12.8 Å². The highest BCUT2D eigenvalue weighted by atomic mass is 32.2. The molecule has 136 valence electrons. The summed E-state index contributed by atoms with van der Waals surface area (Å²) >= 11 is 0. The number of benzene rings is 2. The summed E-state index contributed by atoms with van der Waals surface area (Å²) in [6.07, 6.45) is 0.555. The van der Waals surface area contributed by atoms with E-state index in [1.54, 1.807) is 18.2 Å². The van der Waals surface area contributed by atoms with E-state index >= 15 is 0 Å². The minimum atomic E-state index is -3.73. The number of nitrogens with zero attached hydrogens (tertiary/aromatic N) is 1. The van der Waals surface area contributed by atoms with E-state index in [1.165, 1.54) is 23.5 Å². The summed E-state index contributed by atoms with van der Waals surface area (Å²) < 4.78 is 46.8. The van der Waals surface area contributed by atoms with E-state index in [1.807, 2.05) is 13.0 Å². The molecule has 0 bridgehead atoms. The summed E-state index contributed by atoms with van der Waals surface area (Å²) in [4.78, 5) is 3.44. The van der Waals surface area contributed by atoms with Gasteiger partial charge in [0.15, 0.2) is 0 Å². The lowest BCUT2D eigenvalue weighted by atomic mass is 10.1. The van der Waals surface area contributed by atoms with Crippen molar-refractivity contribution in [1.82, 2.24) is 9.29 Å². The van der Waals surface area contributed by atoms with Crippen molar-refractivity contribution in [3.63, 3.8) is 0 Å². The van der Waals surface area contributed by atoms with Gasteiger partial charge in [0, 0.05) is 36.1 Å². The maximum atomic E-state index is 13.7. The van der Waals surface area contributed by atoms with Crippen molar-refractivity contribution in [1.29, 1.82) is 0 Å². The first-order valence-corrected chi connectivity index (χ1v) is 9.78. The van der Waals surface area contributed by atoms with Gasteiger partial charge in [0.1, 0.15) is 16.5 Å². The third kappa shape index (κ3) is 2.68. The number of hydrogen-bond donors (Lipinski definition) is 1. The predicted octanol–water partition coefficient (Wildman–Crippen LogP) is 3.37. The Morgan fingerprint density at radius 2 is 2.00 bits per heavy atom. The van der Waals surface area contributed by atoms with Gasteiger partial charge in [-0.05, 0) is 48.4 Å². The van der Waals surface area contributed by atoms with E-state index in [0.29, 0.717) is 18.7 Å². The lowest BCUT2D eigenvalue weighted by Gasteiger charge is -2.27. The zero-order chi connectivity index (χ0) is 18.5. The van der Waals surface area contributed by atoms with Crippen LogP contribution in [0.3, 0.4) is 0 Å². The van der Waals surface area contributed by atoms with E-state index in [9.17, 15) is 12.8 Å². The van der Waals surface area contributed by atoms with Crippen LogP contribution < -0.4 is 4.74 Å². The topological polar surface area (TPSA) is 62.4 Å². The molecule has 5 nitrogen and oxygen atoms in total. The fraction of sp³-hybridized carbons (Fsp3) is 0.263. The van der Waals surface area contributed by atoms with E-state index in [4.69, 9.17) is 4.74 Å². The van der Waals surface area contributed by atoms with Gasteiger partial charge in [0.25, 0.3) is 0 Å². The largest absolute Gasteiger partial charge is 0.495 e. The Hall–Kier alpha value is -2.38. The molecule has 1 aliphatic heterocycles. The third-order valence-corrected chi connectivity index (χ3v) is 6.71. The van der Waals surface area contributed by atoms with E-state index < -0.39 is 10.0 Å². The van der Waals surface area contributed by atoms with Crippen molar-refractivity contribution in [2.75, 3.05) is 13.7 Å². The summed E-state index contributed by atoms with van der Waals surface area (Å²) in [7, 11) is -2.27. The van der Waals surface area contributed by atoms with Crippen LogP contribution in [0, 0.1) is 12.7 Å². The highest BCUT2D eigenvalue weighted by Gasteiger charge is 2.32. The maximum absolute atomic E-state index is 13.7. The Bertz CT molecular complexity index is 1110. The fourth-order valence-electron chi connectivity index (χ4n) is 3.49. The Kier molecular flexibility index (Phi) is 4.00. The lowest BCUT2D eigenvalue weighted by Crippen LogP contribution is -2.36. The quantitative estimate of drug-likeness (QED) is 0.765. The summed E-state index contributed by atoms with van der Waals surface area (Å²) in [5, 5.41) is 0.733. The molecule has 0 aliphatic carbocycles. The molecule has 4 rings (SSSR count). The van der Waals surface area contributed by atoms with Gasteiger partial charge in [-0.2, -0.15) is 4.31 Å². The van der Waals surface area contributed by atoms with Crippen molar-refractivity contribution in [2.45, 2.75) is 24.8 Å². The zero-order valence-electron chi connectivity index (χ0n) is 14.5. The molecule has 0 amide bonds. The number of methoxy groups -OCH3 is 1. The Morgan fingerprint density at radius 3 is 2.77 bits per heavy atom. The maximum Gasteiger partial charge on any atom is 0.247 e. The average Bonchev–Trinajstić information content (AvgIpc) is 2.98. The molecule has 0 atom stereocenters. The molecule has 0 radical (unpaired) electrons. The number of halogens is 1. The number of sulfonamides is 1. The second-order valence-corrected chi connectivity index (χ2v) is 8.42. The van der Waals surface area contributed by atoms with Crippen LogP contribution in [0.1, 0.15) is 16.8 Å².